The number of aryl methyl sites for hydroxylation is 1. The molecule has 10 heavy (non-hydrogen) atoms. The number of aromatic nitrogens is 2. The summed E-state index contributed by atoms with van der Waals surface area (Å²) in [5.74, 6) is 0.852. The molecular weight excluding hydrogens is 124 g/mol. The minimum Gasteiger partial charge on any atom is -0.241 e. The summed E-state index contributed by atoms with van der Waals surface area (Å²) >= 11 is 0. The first-order valence-corrected chi connectivity index (χ1v) is 3.35. The van der Waals surface area contributed by atoms with Gasteiger partial charge < -0.3 is 0 Å². The Bertz CT molecular complexity index is 289. The van der Waals surface area contributed by atoms with E-state index in [1.165, 1.54) is 5.56 Å². The van der Waals surface area contributed by atoms with Crippen molar-refractivity contribution in [3.05, 3.63) is 29.4 Å². The van der Waals surface area contributed by atoms with Crippen molar-refractivity contribution in [2.24, 2.45) is 0 Å². The Morgan fingerprint density at radius 3 is 3.30 bits per heavy atom. The van der Waals surface area contributed by atoms with Crippen LogP contribution in [0.25, 0.3) is 6.08 Å². The van der Waals surface area contributed by atoms with Crippen LogP contribution in [0, 0.1) is 6.92 Å². The van der Waals surface area contributed by atoms with Crippen molar-refractivity contribution in [1.82, 2.24) is 9.97 Å². The van der Waals surface area contributed by atoms with Crippen molar-refractivity contribution in [2.45, 2.75) is 13.3 Å². The third-order valence-corrected chi connectivity index (χ3v) is 1.63. The Morgan fingerprint density at radius 1 is 1.50 bits per heavy atom. The van der Waals surface area contributed by atoms with Gasteiger partial charge in [0.1, 0.15) is 5.82 Å². The highest BCUT2D eigenvalue weighted by Crippen LogP contribution is 2.14. The molecule has 0 amide bonds. The van der Waals surface area contributed by atoms with Gasteiger partial charge in [-0.1, -0.05) is 6.08 Å². The van der Waals surface area contributed by atoms with E-state index in [1.54, 1.807) is 0 Å². The van der Waals surface area contributed by atoms with Crippen molar-refractivity contribution in [3.63, 3.8) is 0 Å². The Kier molecular flexibility index (Phi) is 1.07. The zero-order valence-electron chi connectivity index (χ0n) is 5.83. The van der Waals surface area contributed by atoms with Crippen molar-refractivity contribution in [3.8, 4) is 0 Å². The summed E-state index contributed by atoms with van der Waals surface area (Å²) in [6.07, 6.45) is 7.05. The van der Waals surface area contributed by atoms with Crippen LogP contribution >= 0.6 is 0 Å². The van der Waals surface area contributed by atoms with Crippen LogP contribution in [0.15, 0.2) is 12.3 Å². The van der Waals surface area contributed by atoms with Crippen LogP contribution in [0.1, 0.15) is 17.1 Å². The van der Waals surface area contributed by atoms with Gasteiger partial charge in [0, 0.05) is 6.20 Å². The highest BCUT2D eigenvalue weighted by atomic mass is 14.9. The first-order chi connectivity index (χ1) is 4.86. The number of allylic oxidation sites excluding steroid dienone is 1. The molecule has 0 saturated heterocycles. The molecule has 2 nitrogen and oxygen atoms in total. The molecule has 0 fully saturated rings. The summed E-state index contributed by atoms with van der Waals surface area (Å²) in [5, 5.41) is 0. The molecule has 1 aromatic heterocycles. The van der Waals surface area contributed by atoms with Crippen molar-refractivity contribution < 1.29 is 0 Å². The van der Waals surface area contributed by atoms with E-state index in [0.29, 0.717) is 0 Å². The summed E-state index contributed by atoms with van der Waals surface area (Å²) in [4.78, 5) is 8.36. The largest absolute Gasteiger partial charge is 0.241 e. The van der Waals surface area contributed by atoms with Gasteiger partial charge in [-0.2, -0.15) is 0 Å². The van der Waals surface area contributed by atoms with Crippen LogP contribution in [-0.2, 0) is 6.42 Å². The van der Waals surface area contributed by atoms with Gasteiger partial charge in [-0.05, 0) is 25.0 Å². The number of hydrogen-bond donors (Lipinski definition) is 0. The summed E-state index contributed by atoms with van der Waals surface area (Å²) < 4.78 is 0. The standard InChI is InChI=1S/C8H8N2/c1-6-9-5-7-3-2-4-8(7)10-6/h2,4-5H,3H2,1H3. The van der Waals surface area contributed by atoms with Crippen molar-refractivity contribution >= 4 is 6.08 Å². The average Bonchev–Trinajstić information content (AvgIpc) is 2.33. The highest BCUT2D eigenvalue weighted by Gasteiger charge is 2.05. The Hall–Kier alpha value is -1.18. The normalized spacial score (nSPS) is 13.7. The van der Waals surface area contributed by atoms with Gasteiger partial charge >= 0.3 is 0 Å². The van der Waals surface area contributed by atoms with Gasteiger partial charge in [-0.15, -0.1) is 0 Å². The fourth-order valence-electron chi connectivity index (χ4n) is 1.11. The van der Waals surface area contributed by atoms with Crippen LogP contribution in [0.4, 0.5) is 0 Å². The van der Waals surface area contributed by atoms with Gasteiger partial charge in [0.25, 0.3) is 0 Å². The quantitative estimate of drug-likeness (QED) is 0.532. The van der Waals surface area contributed by atoms with E-state index in [9.17, 15) is 0 Å². The molecule has 0 spiro atoms. The highest BCUT2D eigenvalue weighted by molar-refractivity contribution is 5.54. The van der Waals surface area contributed by atoms with E-state index in [1.807, 2.05) is 19.2 Å². The first kappa shape index (κ1) is 5.59. The van der Waals surface area contributed by atoms with Gasteiger partial charge in [0.2, 0.25) is 0 Å². The van der Waals surface area contributed by atoms with E-state index in [2.05, 4.69) is 16.0 Å². The van der Waals surface area contributed by atoms with Crippen LogP contribution < -0.4 is 0 Å². The molecule has 0 aromatic carbocycles. The summed E-state index contributed by atoms with van der Waals surface area (Å²) in [5.41, 5.74) is 2.33. The Morgan fingerprint density at radius 2 is 2.40 bits per heavy atom. The van der Waals surface area contributed by atoms with E-state index in [-0.39, 0.29) is 0 Å². The van der Waals surface area contributed by atoms with Gasteiger partial charge in [0.05, 0.1) is 5.69 Å². The third kappa shape index (κ3) is 0.727. The third-order valence-electron chi connectivity index (χ3n) is 1.63. The second-order valence-corrected chi connectivity index (χ2v) is 2.43. The molecule has 0 radical (unpaired) electrons. The smallest absolute Gasteiger partial charge is 0.125 e. The van der Waals surface area contributed by atoms with E-state index in [4.69, 9.17) is 0 Å². The Labute approximate surface area is 59.6 Å². The lowest BCUT2D eigenvalue weighted by atomic mass is 10.2. The van der Waals surface area contributed by atoms with Crippen molar-refractivity contribution in [1.29, 1.82) is 0 Å². The topological polar surface area (TPSA) is 25.8 Å². The molecule has 0 atom stereocenters. The van der Waals surface area contributed by atoms with Crippen LogP contribution in [-0.4, -0.2) is 9.97 Å². The summed E-state index contributed by atoms with van der Waals surface area (Å²) in [6.45, 7) is 1.91. The maximum atomic E-state index is 4.26. The van der Waals surface area contributed by atoms with Crippen LogP contribution in [0.2, 0.25) is 0 Å². The predicted octanol–water partition coefficient (Wildman–Crippen LogP) is 1.35. The predicted molar refractivity (Wildman–Crippen MR) is 39.5 cm³/mol. The molecule has 1 aromatic rings. The molecular formula is C8H8N2. The fraction of sp³-hybridized carbons (Fsp3) is 0.250. The summed E-state index contributed by atoms with van der Waals surface area (Å²) in [6, 6.07) is 0. The number of nitrogens with zero attached hydrogens (tertiary/aromatic N) is 2. The molecule has 0 bridgehead atoms. The maximum Gasteiger partial charge on any atom is 0.125 e. The molecule has 2 heteroatoms. The molecule has 0 N–H and O–H groups in total. The lowest BCUT2D eigenvalue weighted by Gasteiger charge is -1.95. The van der Waals surface area contributed by atoms with Gasteiger partial charge in [-0.25, -0.2) is 9.97 Å². The minimum absolute atomic E-state index is 0.852. The maximum absolute atomic E-state index is 4.26. The van der Waals surface area contributed by atoms with E-state index >= 15 is 0 Å². The zero-order chi connectivity index (χ0) is 6.97. The van der Waals surface area contributed by atoms with Gasteiger partial charge in [0.15, 0.2) is 0 Å². The zero-order valence-corrected chi connectivity index (χ0v) is 5.83. The van der Waals surface area contributed by atoms with Crippen LogP contribution in [0.3, 0.4) is 0 Å². The number of fused-ring (bicyclic) bond motifs is 1. The molecule has 50 valence electrons. The van der Waals surface area contributed by atoms with Crippen molar-refractivity contribution in [2.75, 3.05) is 0 Å². The lowest BCUT2D eigenvalue weighted by Crippen LogP contribution is -1.92. The molecule has 0 aliphatic heterocycles. The second kappa shape index (κ2) is 1.90. The molecule has 0 saturated carbocycles. The first-order valence-electron chi connectivity index (χ1n) is 3.35. The molecule has 0 unspecified atom stereocenters. The molecule has 2 rings (SSSR count). The fourth-order valence-corrected chi connectivity index (χ4v) is 1.11. The van der Waals surface area contributed by atoms with Crippen LogP contribution in [0.5, 0.6) is 0 Å². The second-order valence-electron chi connectivity index (χ2n) is 2.43. The minimum atomic E-state index is 0.852. The average molecular weight is 132 g/mol. The molecule has 1 heterocycles. The monoisotopic (exact) mass is 132 g/mol. The summed E-state index contributed by atoms with van der Waals surface area (Å²) in [7, 11) is 0. The van der Waals surface area contributed by atoms with E-state index in [0.717, 1.165) is 17.9 Å². The number of rotatable bonds is 0. The molecule has 1 aliphatic carbocycles. The van der Waals surface area contributed by atoms with E-state index < -0.39 is 0 Å². The SMILES string of the molecule is Cc1ncc2c(n1)C=CC2. The van der Waals surface area contributed by atoms with Gasteiger partial charge in [-0.3, -0.25) is 0 Å². The Balaban J connectivity index is 2.60. The molecule has 1 aliphatic rings. The lowest BCUT2D eigenvalue weighted by molar-refractivity contribution is 1.01. The number of hydrogen-bond acceptors (Lipinski definition) is 2.